The van der Waals surface area contributed by atoms with Gasteiger partial charge in [0, 0.05) is 18.3 Å². The van der Waals surface area contributed by atoms with Crippen LogP contribution in [0, 0.1) is 0 Å². The number of nitrogens with one attached hydrogen (secondary N) is 1. The number of amides is 1. The number of anilines is 1. The molecule has 2 unspecified atom stereocenters. The van der Waals surface area contributed by atoms with Gasteiger partial charge >= 0.3 is 0 Å². The lowest BCUT2D eigenvalue weighted by molar-refractivity contribution is -0.122. The molecule has 4 nitrogen and oxygen atoms in total. The van der Waals surface area contributed by atoms with Crippen molar-refractivity contribution in [3.63, 3.8) is 0 Å². The summed E-state index contributed by atoms with van der Waals surface area (Å²) >= 11 is 0. The molecule has 1 saturated heterocycles. The number of nitrogen functional groups attached to an aromatic ring is 1. The number of likely N-dealkylation sites (tertiary alicyclic amines) is 1. The predicted molar refractivity (Wildman–Crippen MR) is 77.9 cm³/mol. The molecule has 3 N–H and O–H groups in total. The van der Waals surface area contributed by atoms with Gasteiger partial charge in [-0.15, -0.1) is 0 Å². The second-order valence-electron chi connectivity index (χ2n) is 5.41. The average Bonchev–Trinajstić information content (AvgIpc) is 2.80. The molecule has 1 amide bonds. The van der Waals surface area contributed by atoms with Gasteiger partial charge in [0.1, 0.15) is 0 Å². The summed E-state index contributed by atoms with van der Waals surface area (Å²) in [6.45, 7) is 3.79. The first-order valence-electron chi connectivity index (χ1n) is 6.91. The molecule has 2 rings (SSSR count). The van der Waals surface area contributed by atoms with Crippen molar-refractivity contribution in [3.05, 3.63) is 29.8 Å². The van der Waals surface area contributed by atoms with E-state index in [0.717, 1.165) is 18.7 Å². The smallest absolute Gasteiger partial charge is 0.227 e. The minimum Gasteiger partial charge on any atom is -0.399 e. The quantitative estimate of drug-likeness (QED) is 0.809. The van der Waals surface area contributed by atoms with E-state index in [-0.39, 0.29) is 11.8 Å². The van der Waals surface area contributed by atoms with Crippen LogP contribution in [0.1, 0.15) is 31.2 Å². The third-order valence-corrected chi connectivity index (χ3v) is 3.99. The number of likely N-dealkylation sites (N-methyl/N-ethyl adjacent to an activating group) is 1. The molecule has 1 fully saturated rings. The van der Waals surface area contributed by atoms with Crippen molar-refractivity contribution in [1.82, 2.24) is 10.2 Å². The van der Waals surface area contributed by atoms with Crippen molar-refractivity contribution in [2.24, 2.45) is 0 Å². The lowest BCUT2D eigenvalue weighted by Crippen LogP contribution is -2.39. The predicted octanol–water partition coefficient (Wildman–Crippen LogP) is 1.58. The summed E-state index contributed by atoms with van der Waals surface area (Å²) in [5.41, 5.74) is 7.42. The van der Waals surface area contributed by atoms with Crippen LogP contribution in [0.15, 0.2) is 24.3 Å². The number of benzene rings is 1. The minimum absolute atomic E-state index is 0.0749. The van der Waals surface area contributed by atoms with E-state index in [4.69, 9.17) is 5.73 Å². The van der Waals surface area contributed by atoms with Crippen LogP contribution < -0.4 is 11.1 Å². The molecule has 2 atom stereocenters. The lowest BCUT2D eigenvalue weighted by Gasteiger charge is -2.21. The highest BCUT2D eigenvalue weighted by Crippen LogP contribution is 2.18. The van der Waals surface area contributed by atoms with Gasteiger partial charge < -0.3 is 16.0 Å². The number of hydrogen-bond donors (Lipinski definition) is 2. The van der Waals surface area contributed by atoms with Gasteiger partial charge in [0.2, 0.25) is 5.91 Å². The van der Waals surface area contributed by atoms with E-state index >= 15 is 0 Å². The van der Waals surface area contributed by atoms with Crippen molar-refractivity contribution >= 4 is 11.6 Å². The fourth-order valence-electron chi connectivity index (χ4n) is 2.59. The Kier molecular flexibility index (Phi) is 4.43. The number of carbonyl (C=O) groups excluding carboxylic acids is 1. The number of nitrogens with two attached hydrogens (primary N) is 1. The van der Waals surface area contributed by atoms with Crippen molar-refractivity contribution < 1.29 is 4.79 Å². The Labute approximate surface area is 115 Å². The Morgan fingerprint density at radius 1 is 1.58 bits per heavy atom. The highest BCUT2D eigenvalue weighted by Gasteiger charge is 2.22. The highest BCUT2D eigenvalue weighted by molar-refractivity contribution is 5.83. The maximum absolute atomic E-state index is 12.1. The van der Waals surface area contributed by atoms with Gasteiger partial charge in [-0.1, -0.05) is 12.1 Å². The fraction of sp³-hybridized carbons (Fsp3) is 0.533. The van der Waals surface area contributed by atoms with Crippen LogP contribution in [0.2, 0.25) is 0 Å². The second kappa shape index (κ2) is 6.06. The topological polar surface area (TPSA) is 58.4 Å². The second-order valence-corrected chi connectivity index (χ2v) is 5.41. The maximum atomic E-state index is 12.1. The zero-order valence-corrected chi connectivity index (χ0v) is 11.7. The zero-order valence-electron chi connectivity index (χ0n) is 11.7. The molecule has 19 heavy (non-hydrogen) atoms. The minimum atomic E-state index is -0.157. The summed E-state index contributed by atoms with van der Waals surface area (Å²) in [6, 6.07) is 8.02. The molecular formula is C15H23N3O. The first kappa shape index (κ1) is 13.9. The summed E-state index contributed by atoms with van der Waals surface area (Å²) < 4.78 is 0. The molecule has 1 aromatic rings. The van der Waals surface area contributed by atoms with Gasteiger partial charge in [0.25, 0.3) is 0 Å². The van der Waals surface area contributed by atoms with E-state index in [1.165, 1.54) is 12.8 Å². The zero-order chi connectivity index (χ0) is 13.8. The van der Waals surface area contributed by atoms with Gasteiger partial charge in [0.15, 0.2) is 0 Å². The molecule has 0 spiro atoms. The molecule has 0 aliphatic carbocycles. The van der Waals surface area contributed by atoms with E-state index in [1.54, 1.807) is 0 Å². The molecule has 1 aromatic carbocycles. The lowest BCUT2D eigenvalue weighted by atomic mass is 10.00. The first-order valence-corrected chi connectivity index (χ1v) is 6.91. The fourth-order valence-corrected chi connectivity index (χ4v) is 2.59. The monoisotopic (exact) mass is 261 g/mol. The van der Waals surface area contributed by atoms with Crippen LogP contribution in [0.25, 0.3) is 0 Å². The molecule has 104 valence electrons. The molecule has 1 heterocycles. The van der Waals surface area contributed by atoms with E-state index in [0.29, 0.717) is 11.7 Å². The Hall–Kier alpha value is -1.55. The van der Waals surface area contributed by atoms with Crippen molar-refractivity contribution in [1.29, 1.82) is 0 Å². The molecule has 0 bridgehead atoms. The number of rotatable bonds is 4. The van der Waals surface area contributed by atoms with Gasteiger partial charge in [-0.3, -0.25) is 4.79 Å². The molecule has 1 aliphatic heterocycles. The number of nitrogens with zero attached hydrogens (tertiary/aromatic N) is 1. The van der Waals surface area contributed by atoms with Crippen LogP contribution in [0.4, 0.5) is 5.69 Å². The molecule has 4 heteroatoms. The normalized spacial score (nSPS) is 21.3. The van der Waals surface area contributed by atoms with E-state index < -0.39 is 0 Å². The number of hydrogen-bond acceptors (Lipinski definition) is 3. The van der Waals surface area contributed by atoms with Crippen molar-refractivity contribution in [3.8, 4) is 0 Å². The van der Waals surface area contributed by atoms with Gasteiger partial charge in [0.05, 0.1) is 5.92 Å². The molecular weight excluding hydrogens is 238 g/mol. The average molecular weight is 261 g/mol. The largest absolute Gasteiger partial charge is 0.399 e. The molecule has 1 aliphatic rings. The summed E-state index contributed by atoms with van der Waals surface area (Å²) in [5, 5.41) is 3.05. The summed E-state index contributed by atoms with van der Waals surface area (Å²) in [6.07, 6.45) is 2.39. The van der Waals surface area contributed by atoms with Crippen molar-refractivity contribution in [2.75, 3.05) is 25.9 Å². The van der Waals surface area contributed by atoms with Crippen LogP contribution in [-0.2, 0) is 4.79 Å². The Morgan fingerprint density at radius 3 is 3.00 bits per heavy atom. The Morgan fingerprint density at radius 2 is 2.37 bits per heavy atom. The standard InChI is InChI=1S/C15H23N3O/c1-11(12-5-3-6-13(16)9-12)15(19)17-10-14-7-4-8-18(14)2/h3,5-6,9,11,14H,4,7-8,10,16H2,1-2H3,(H,17,19). The van der Waals surface area contributed by atoms with Gasteiger partial charge in [-0.05, 0) is 51.1 Å². The van der Waals surface area contributed by atoms with E-state index in [1.807, 2.05) is 31.2 Å². The molecule has 0 radical (unpaired) electrons. The van der Waals surface area contributed by atoms with Crippen LogP contribution >= 0.6 is 0 Å². The van der Waals surface area contributed by atoms with Crippen molar-refractivity contribution in [2.45, 2.75) is 31.7 Å². The van der Waals surface area contributed by atoms with Crippen LogP contribution in [0.5, 0.6) is 0 Å². The SMILES string of the molecule is CC(C(=O)NCC1CCCN1C)c1cccc(N)c1. The highest BCUT2D eigenvalue weighted by atomic mass is 16.1. The van der Waals surface area contributed by atoms with Gasteiger partial charge in [-0.2, -0.15) is 0 Å². The van der Waals surface area contributed by atoms with E-state index in [9.17, 15) is 4.79 Å². The Balaban J connectivity index is 1.89. The third-order valence-electron chi connectivity index (χ3n) is 3.99. The van der Waals surface area contributed by atoms with Gasteiger partial charge in [-0.25, -0.2) is 0 Å². The summed E-state index contributed by atoms with van der Waals surface area (Å²) in [7, 11) is 2.12. The summed E-state index contributed by atoms with van der Waals surface area (Å²) in [4.78, 5) is 14.5. The van der Waals surface area contributed by atoms with Crippen LogP contribution in [0.3, 0.4) is 0 Å². The van der Waals surface area contributed by atoms with E-state index in [2.05, 4.69) is 17.3 Å². The maximum Gasteiger partial charge on any atom is 0.227 e. The molecule has 0 aromatic heterocycles. The van der Waals surface area contributed by atoms with Crippen LogP contribution in [-0.4, -0.2) is 37.0 Å². The summed E-state index contributed by atoms with van der Waals surface area (Å²) in [5.74, 6) is -0.0823. The first-order chi connectivity index (χ1) is 9.08. The number of carbonyl (C=O) groups is 1. The Bertz CT molecular complexity index is 447. The molecule has 0 saturated carbocycles. The third kappa shape index (κ3) is 3.47.